The summed E-state index contributed by atoms with van der Waals surface area (Å²) in [5.74, 6) is 0.494. The van der Waals surface area contributed by atoms with Crippen LogP contribution in [0.4, 0.5) is 5.69 Å². The average molecular weight is 782 g/mol. The first-order chi connectivity index (χ1) is 27.8. The summed E-state index contributed by atoms with van der Waals surface area (Å²) in [6.07, 6.45) is 29.5. The van der Waals surface area contributed by atoms with Gasteiger partial charge in [0.25, 0.3) is 0 Å². The number of benzene rings is 3. The topological polar surface area (TPSA) is 105 Å². The van der Waals surface area contributed by atoms with Crippen molar-refractivity contribution < 1.29 is 29.3 Å². The van der Waals surface area contributed by atoms with Crippen LogP contribution in [0.15, 0.2) is 42.5 Å². The number of nitrogens with one attached hydrogen (secondary N) is 1. The molecule has 1 spiro atoms. The molecule has 2 aliphatic heterocycles. The predicted octanol–water partition coefficient (Wildman–Crippen LogP) is 14.1. The molecule has 3 aromatic rings. The van der Waals surface area contributed by atoms with Crippen molar-refractivity contribution in [3.05, 3.63) is 75.8 Å². The number of unbranched alkanes of at least 4 members (excludes halogenated alkanes) is 20. The summed E-state index contributed by atoms with van der Waals surface area (Å²) in [7, 11) is 0. The maximum absolute atomic E-state index is 13.9. The highest BCUT2D eigenvalue weighted by atomic mass is 16.6. The van der Waals surface area contributed by atoms with E-state index in [1.807, 2.05) is 24.3 Å². The van der Waals surface area contributed by atoms with Crippen LogP contribution in [-0.2, 0) is 28.0 Å². The Morgan fingerprint density at radius 1 is 0.561 bits per heavy atom. The van der Waals surface area contributed by atoms with Crippen LogP contribution in [0.5, 0.6) is 23.0 Å². The fourth-order valence-electron chi connectivity index (χ4n) is 8.72. The lowest BCUT2D eigenvalue weighted by atomic mass is 9.76. The Morgan fingerprint density at radius 2 is 1.00 bits per heavy atom. The SMILES string of the molecule is CCCCCCCCCCCCCCCCCC(=O)Nc1ccc2c(c1)C(=O)OC21c2cc(CCCCCC)c(O)cc2Oc2cc(O)c(CCCCCC)cc21. The van der Waals surface area contributed by atoms with Gasteiger partial charge in [0.1, 0.15) is 23.0 Å². The molecule has 0 aromatic heterocycles. The van der Waals surface area contributed by atoms with Crippen molar-refractivity contribution >= 4 is 17.6 Å². The number of phenolic OH excluding ortho intramolecular Hbond substituents is 2. The zero-order chi connectivity index (χ0) is 40.5. The Morgan fingerprint density at radius 3 is 1.47 bits per heavy atom. The third-order valence-corrected chi connectivity index (χ3v) is 12.1. The minimum atomic E-state index is -1.34. The molecule has 312 valence electrons. The van der Waals surface area contributed by atoms with E-state index >= 15 is 0 Å². The molecule has 2 heterocycles. The number of ether oxygens (including phenoxy) is 2. The van der Waals surface area contributed by atoms with Crippen molar-refractivity contribution in [2.24, 2.45) is 0 Å². The minimum absolute atomic E-state index is 0.0566. The van der Waals surface area contributed by atoms with Gasteiger partial charge in [0, 0.05) is 40.9 Å². The summed E-state index contributed by atoms with van der Waals surface area (Å²) in [5, 5.41) is 25.3. The van der Waals surface area contributed by atoms with Crippen LogP contribution in [0.3, 0.4) is 0 Å². The number of aryl methyl sites for hydroxylation is 2. The highest BCUT2D eigenvalue weighted by Gasteiger charge is 2.54. The van der Waals surface area contributed by atoms with Crippen LogP contribution in [-0.4, -0.2) is 22.1 Å². The summed E-state index contributed by atoms with van der Waals surface area (Å²) in [6.45, 7) is 6.62. The Labute approximate surface area is 343 Å². The van der Waals surface area contributed by atoms with Crippen molar-refractivity contribution in [3.8, 4) is 23.0 Å². The molecule has 0 radical (unpaired) electrons. The van der Waals surface area contributed by atoms with E-state index in [0.29, 0.717) is 58.7 Å². The maximum Gasteiger partial charge on any atom is 0.340 e. The van der Waals surface area contributed by atoms with Gasteiger partial charge in [-0.05, 0) is 67.5 Å². The van der Waals surface area contributed by atoms with Crippen LogP contribution >= 0.6 is 0 Å². The summed E-state index contributed by atoms with van der Waals surface area (Å²) in [6, 6.07) is 12.5. The largest absolute Gasteiger partial charge is 0.508 e. The van der Waals surface area contributed by atoms with E-state index in [1.54, 1.807) is 18.2 Å². The Kier molecular flexibility index (Phi) is 17.7. The number of amides is 1. The molecule has 0 saturated carbocycles. The standard InChI is InChI=1S/C50H71NO6/c1-4-7-10-13-14-15-16-17-18-19-20-21-22-23-26-29-48(54)51-39-30-31-41-40(34-39)49(55)57-50(41)42-32-37(27-24-11-8-5-2)44(52)35-46(42)56-47-36-45(53)38(33-43(47)50)28-25-12-9-6-3/h30-36,52-53H,4-29H2,1-3H3,(H,51,54). The van der Waals surface area contributed by atoms with Crippen molar-refractivity contribution in [1.29, 1.82) is 0 Å². The summed E-state index contributed by atoms with van der Waals surface area (Å²) in [5.41, 5.74) is 3.12. The number of esters is 1. The minimum Gasteiger partial charge on any atom is -0.508 e. The number of carbonyl (C=O) groups is 2. The van der Waals surface area contributed by atoms with Gasteiger partial charge in [0.05, 0.1) is 5.56 Å². The molecule has 0 fully saturated rings. The zero-order valence-corrected chi connectivity index (χ0v) is 35.5. The van der Waals surface area contributed by atoms with Gasteiger partial charge in [-0.3, -0.25) is 4.79 Å². The molecule has 0 bridgehead atoms. The van der Waals surface area contributed by atoms with Gasteiger partial charge >= 0.3 is 5.97 Å². The highest BCUT2D eigenvalue weighted by Crippen LogP contribution is 2.58. The van der Waals surface area contributed by atoms with Gasteiger partial charge in [-0.1, -0.05) is 155 Å². The lowest BCUT2D eigenvalue weighted by Crippen LogP contribution is -2.33. The Bertz CT molecular complexity index is 1680. The first kappa shape index (κ1) is 44.1. The second-order valence-corrected chi connectivity index (χ2v) is 16.8. The number of hydrogen-bond acceptors (Lipinski definition) is 6. The first-order valence-electron chi connectivity index (χ1n) is 22.9. The van der Waals surface area contributed by atoms with Crippen LogP contribution < -0.4 is 10.1 Å². The molecule has 3 N–H and O–H groups in total. The van der Waals surface area contributed by atoms with Crippen LogP contribution in [0.25, 0.3) is 0 Å². The quantitative estimate of drug-likeness (QED) is 0.0525. The molecule has 7 nitrogen and oxygen atoms in total. The second-order valence-electron chi connectivity index (χ2n) is 16.8. The summed E-state index contributed by atoms with van der Waals surface area (Å²) in [4.78, 5) is 27.0. The number of hydrogen-bond donors (Lipinski definition) is 3. The van der Waals surface area contributed by atoms with E-state index in [4.69, 9.17) is 9.47 Å². The van der Waals surface area contributed by atoms with Gasteiger partial charge in [-0.25, -0.2) is 4.79 Å². The normalized spacial score (nSPS) is 13.6. The number of rotatable bonds is 27. The van der Waals surface area contributed by atoms with Crippen molar-refractivity contribution in [1.82, 2.24) is 0 Å². The molecule has 7 heteroatoms. The number of phenols is 2. The molecule has 57 heavy (non-hydrogen) atoms. The van der Waals surface area contributed by atoms with Crippen molar-refractivity contribution in [3.63, 3.8) is 0 Å². The number of aromatic hydroxyl groups is 2. The zero-order valence-electron chi connectivity index (χ0n) is 35.5. The van der Waals surface area contributed by atoms with E-state index in [-0.39, 0.29) is 17.4 Å². The first-order valence-corrected chi connectivity index (χ1v) is 22.9. The van der Waals surface area contributed by atoms with Crippen LogP contribution in [0.2, 0.25) is 0 Å². The molecule has 1 amide bonds. The van der Waals surface area contributed by atoms with E-state index in [9.17, 15) is 19.8 Å². The number of fused-ring (bicyclic) bond motifs is 6. The number of anilines is 1. The Balaban J connectivity index is 1.24. The summed E-state index contributed by atoms with van der Waals surface area (Å²) >= 11 is 0. The van der Waals surface area contributed by atoms with E-state index in [1.165, 1.54) is 77.0 Å². The van der Waals surface area contributed by atoms with Gasteiger partial charge in [0.2, 0.25) is 5.91 Å². The molecule has 5 rings (SSSR count). The van der Waals surface area contributed by atoms with E-state index in [2.05, 4.69) is 26.1 Å². The smallest absolute Gasteiger partial charge is 0.340 e. The lowest BCUT2D eigenvalue weighted by molar-refractivity contribution is -0.116. The van der Waals surface area contributed by atoms with Crippen LogP contribution in [0.1, 0.15) is 213 Å². The molecule has 0 aliphatic carbocycles. The van der Waals surface area contributed by atoms with E-state index < -0.39 is 11.6 Å². The second kappa shape index (κ2) is 22.8. The third-order valence-electron chi connectivity index (χ3n) is 12.1. The molecular formula is C50H71NO6. The van der Waals surface area contributed by atoms with Gasteiger partial charge < -0.3 is 25.0 Å². The van der Waals surface area contributed by atoms with Gasteiger partial charge in [-0.2, -0.15) is 0 Å². The highest BCUT2D eigenvalue weighted by molar-refractivity contribution is 5.99. The fraction of sp³-hybridized carbons (Fsp3) is 0.600. The Hall–Kier alpha value is -4.00. The molecule has 0 atom stereocenters. The third kappa shape index (κ3) is 11.8. The maximum atomic E-state index is 13.9. The van der Waals surface area contributed by atoms with Crippen LogP contribution in [0, 0.1) is 0 Å². The molecule has 0 unspecified atom stereocenters. The van der Waals surface area contributed by atoms with Crippen molar-refractivity contribution in [2.45, 2.75) is 193 Å². The molecule has 3 aromatic carbocycles. The fourth-order valence-corrected chi connectivity index (χ4v) is 8.72. The van der Waals surface area contributed by atoms with Crippen molar-refractivity contribution in [2.75, 3.05) is 5.32 Å². The molecule has 0 saturated heterocycles. The summed E-state index contributed by atoms with van der Waals surface area (Å²) < 4.78 is 12.9. The average Bonchev–Trinajstić information content (AvgIpc) is 3.48. The predicted molar refractivity (Wildman–Crippen MR) is 232 cm³/mol. The monoisotopic (exact) mass is 782 g/mol. The van der Waals surface area contributed by atoms with E-state index in [0.717, 1.165) is 81.8 Å². The van der Waals surface area contributed by atoms with Gasteiger partial charge in [-0.15, -0.1) is 0 Å². The van der Waals surface area contributed by atoms with Gasteiger partial charge in [0.15, 0.2) is 5.60 Å². The lowest BCUT2D eigenvalue weighted by Gasteiger charge is -2.37. The molecule has 2 aliphatic rings. The number of carbonyl (C=O) groups excluding carboxylic acids is 2. The molecular weight excluding hydrogens is 711 g/mol.